The first kappa shape index (κ1) is 16.7. The predicted molar refractivity (Wildman–Crippen MR) is 101 cm³/mol. The number of para-hydroxylation sites is 2. The number of nitrogens with one attached hydrogen (secondary N) is 2. The Bertz CT molecular complexity index is 786. The van der Waals surface area contributed by atoms with Crippen molar-refractivity contribution < 1.29 is 14.3 Å². The second-order valence-electron chi connectivity index (χ2n) is 5.33. The number of thiophene rings is 1. The van der Waals surface area contributed by atoms with Crippen LogP contribution in [0.2, 0.25) is 0 Å². The van der Waals surface area contributed by atoms with Gasteiger partial charge < -0.3 is 20.1 Å². The van der Waals surface area contributed by atoms with Crippen LogP contribution in [0.15, 0.2) is 24.3 Å². The van der Waals surface area contributed by atoms with Crippen molar-refractivity contribution in [2.24, 2.45) is 0 Å². The lowest BCUT2D eigenvalue weighted by atomic mass is 10.1. The van der Waals surface area contributed by atoms with Gasteiger partial charge in [0, 0.05) is 4.88 Å². The molecule has 2 N–H and O–H groups in total. The van der Waals surface area contributed by atoms with Crippen LogP contribution in [0.4, 0.5) is 10.7 Å². The number of methoxy groups -OCH3 is 2. The maximum absolute atomic E-state index is 12.2. The maximum Gasteiger partial charge on any atom is 0.341 e. The molecule has 0 radical (unpaired) electrons. The zero-order valence-electron chi connectivity index (χ0n) is 13.5. The lowest BCUT2D eigenvalue weighted by Crippen LogP contribution is -2.20. The van der Waals surface area contributed by atoms with Crippen molar-refractivity contribution in [2.45, 2.75) is 19.3 Å². The van der Waals surface area contributed by atoms with Crippen LogP contribution in [0.3, 0.4) is 0 Å². The van der Waals surface area contributed by atoms with E-state index in [4.69, 9.17) is 21.7 Å². The highest BCUT2D eigenvalue weighted by Gasteiger charge is 2.27. The molecule has 0 saturated heterocycles. The molecule has 1 aliphatic carbocycles. The lowest BCUT2D eigenvalue weighted by molar-refractivity contribution is 0.0601. The number of anilines is 2. The summed E-state index contributed by atoms with van der Waals surface area (Å²) in [5.41, 5.74) is 2.47. The summed E-state index contributed by atoms with van der Waals surface area (Å²) in [5.74, 6) is 0.375. The number of hydrogen-bond acceptors (Lipinski definition) is 5. The third-order valence-corrected chi connectivity index (χ3v) is 5.30. The standard InChI is InChI=1S/C17H18N2O3S2/c1-21-12-8-4-3-7-11(12)18-17(23)19-15-14(16(20)22-2)10-6-5-9-13(10)24-15/h3-4,7-8H,5-6,9H2,1-2H3,(H2,18,19,23). The summed E-state index contributed by atoms with van der Waals surface area (Å²) in [7, 11) is 3.01. The summed E-state index contributed by atoms with van der Waals surface area (Å²) < 4.78 is 10.2. The molecule has 0 bridgehead atoms. The average molecular weight is 362 g/mol. The molecule has 3 rings (SSSR count). The number of ether oxygens (including phenoxy) is 2. The summed E-state index contributed by atoms with van der Waals surface area (Å²) in [4.78, 5) is 13.4. The van der Waals surface area contributed by atoms with Gasteiger partial charge in [0.1, 0.15) is 10.8 Å². The molecule has 0 saturated carbocycles. The van der Waals surface area contributed by atoms with Crippen LogP contribution in [0.25, 0.3) is 0 Å². The van der Waals surface area contributed by atoms with E-state index in [9.17, 15) is 4.79 Å². The molecule has 126 valence electrons. The highest BCUT2D eigenvalue weighted by atomic mass is 32.1. The van der Waals surface area contributed by atoms with Crippen molar-refractivity contribution in [2.75, 3.05) is 24.9 Å². The van der Waals surface area contributed by atoms with Crippen LogP contribution < -0.4 is 15.4 Å². The van der Waals surface area contributed by atoms with Gasteiger partial charge in [0.25, 0.3) is 0 Å². The molecule has 0 amide bonds. The van der Waals surface area contributed by atoms with E-state index in [2.05, 4.69) is 10.6 Å². The Hall–Kier alpha value is -2.12. The van der Waals surface area contributed by atoms with E-state index in [0.29, 0.717) is 16.4 Å². The van der Waals surface area contributed by atoms with Crippen LogP contribution in [0.5, 0.6) is 5.75 Å². The van der Waals surface area contributed by atoms with Crippen molar-refractivity contribution >= 4 is 45.3 Å². The van der Waals surface area contributed by atoms with E-state index >= 15 is 0 Å². The van der Waals surface area contributed by atoms with Crippen molar-refractivity contribution in [3.8, 4) is 5.75 Å². The van der Waals surface area contributed by atoms with E-state index < -0.39 is 0 Å². The lowest BCUT2D eigenvalue weighted by Gasteiger charge is -2.13. The summed E-state index contributed by atoms with van der Waals surface area (Å²) in [6.07, 6.45) is 2.98. The Morgan fingerprint density at radius 1 is 1.21 bits per heavy atom. The third kappa shape index (κ3) is 3.22. The molecule has 1 aromatic carbocycles. The van der Waals surface area contributed by atoms with E-state index in [1.165, 1.54) is 12.0 Å². The highest BCUT2D eigenvalue weighted by molar-refractivity contribution is 7.80. The summed E-state index contributed by atoms with van der Waals surface area (Å²) >= 11 is 6.96. The van der Waals surface area contributed by atoms with E-state index in [1.54, 1.807) is 18.4 Å². The van der Waals surface area contributed by atoms with Crippen LogP contribution in [0.1, 0.15) is 27.2 Å². The highest BCUT2D eigenvalue weighted by Crippen LogP contribution is 2.39. The van der Waals surface area contributed by atoms with Gasteiger partial charge in [0.05, 0.1) is 25.5 Å². The molecule has 1 aliphatic rings. The number of esters is 1. The molecule has 5 nitrogen and oxygen atoms in total. The number of carbonyl (C=O) groups excluding carboxylic acids is 1. The minimum Gasteiger partial charge on any atom is -0.495 e. The Balaban J connectivity index is 1.81. The van der Waals surface area contributed by atoms with Crippen LogP contribution in [-0.4, -0.2) is 25.3 Å². The molecule has 0 aliphatic heterocycles. The van der Waals surface area contributed by atoms with Crippen molar-refractivity contribution in [3.63, 3.8) is 0 Å². The van der Waals surface area contributed by atoms with Gasteiger partial charge in [-0.1, -0.05) is 12.1 Å². The maximum atomic E-state index is 12.2. The largest absolute Gasteiger partial charge is 0.495 e. The van der Waals surface area contributed by atoms with Gasteiger partial charge in [-0.15, -0.1) is 11.3 Å². The van der Waals surface area contributed by atoms with E-state index in [0.717, 1.165) is 35.5 Å². The number of carbonyl (C=O) groups is 1. The Labute approximate surface area is 150 Å². The quantitative estimate of drug-likeness (QED) is 0.637. The van der Waals surface area contributed by atoms with Gasteiger partial charge in [-0.3, -0.25) is 0 Å². The number of thiocarbonyl (C=S) groups is 1. The average Bonchev–Trinajstić information content (AvgIpc) is 3.15. The second kappa shape index (κ2) is 7.19. The van der Waals surface area contributed by atoms with Gasteiger partial charge in [-0.05, 0) is 49.2 Å². The second-order valence-corrected chi connectivity index (χ2v) is 6.85. The van der Waals surface area contributed by atoms with Gasteiger partial charge >= 0.3 is 5.97 Å². The fourth-order valence-electron chi connectivity index (χ4n) is 2.81. The first-order chi connectivity index (χ1) is 11.6. The number of aryl methyl sites for hydroxylation is 1. The smallest absolute Gasteiger partial charge is 0.341 e. The molecule has 1 aromatic heterocycles. The molecule has 0 unspecified atom stereocenters. The fraction of sp³-hybridized carbons (Fsp3) is 0.294. The van der Waals surface area contributed by atoms with E-state index in [-0.39, 0.29) is 5.97 Å². The van der Waals surface area contributed by atoms with Crippen LogP contribution >= 0.6 is 23.6 Å². The van der Waals surface area contributed by atoms with Gasteiger partial charge in [-0.25, -0.2) is 4.79 Å². The molecular weight excluding hydrogens is 344 g/mol. The molecule has 7 heteroatoms. The van der Waals surface area contributed by atoms with Crippen LogP contribution in [0, 0.1) is 0 Å². The third-order valence-electron chi connectivity index (χ3n) is 3.89. The molecule has 1 heterocycles. The van der Waals surface area contributed by atoms with Crippen molar-refractivity contribution in [1.82, 2.24) is 0 Å². The molecule has 0 atom stereocenters. The minimum atomic E-state index is -0.322. The topological polar surface area (TPSA) is 59.6 Å². The van der Waals surface area contributed by atoms with Gasteiger partial charge in [0.2, 0.25) is 0 Å². The zero-order chi connectivity index (χ0) is 17.1. The Morgan fingerprint density at radius 2 is 2.00 bits per heavy atom. The molecule has 0 spiro atoms. The van der Waals surface area contributed by atoms with Gasteiger partial charge in [-0.2, -0.15) is 0 Å². The minimum absolute atomic E-state index is 0.322. The Morgan fingerprint density at radius 3 is 2.75 bits per heavy atom. The number of hydrogen-bond donors (Lipinski definition) is 2. The fourth-order valence-corrected chi connectivity index (χ4v) is 4.37. The Kier molecular flexibility index (Phi) is 5.01. The monoisotopic (exact) mass is 362 g/mol. The van der Waals surface area contributed by atoms with Gasteiger partial charge in [0.15, 0.2) is 5.11 Å². The summed E-state index contributed by atoms with van der Waals surface area (Å²) in [6.45, 7) is 0. The zero-order valence-corrected chi connectivity index (χ0v) is 15.1. The normalized spacial score (nSPS) is 12.4. The molecule has 2 aromatic rings. The molecular formula is C17H18N2O3S2. The number of rotatable bonds is 4. The number of benzene rings is 1. The van der Waals surface area contributed by atoms with E-state index in [1.807, 2.05) is 24.3 Å². The van der Waals surface area contributed by atoms with Crippen molar-refractivity contribution in [1.29, 1.82) is 0 Å². The van der Waals surface area contributed by atoms with Crippen molar-refractivity contribution in [3.05, 3.63) is 40.3 Å². The number of fused-ring (bicyclic) bond motifs is 1. The first-order valence-electron chi connectivity index (χ1n) is 7.58. The summed E-state index contributed by atoms with van der Waals surface area (Å²) in [5, 5.41) is 7.39. The summed E-state index contributed by atoms with van der Waals surface area (Å²) in [6, 6.07) is 7.51. The molecule has 0 fully saturated rings. The predicted octanol–water partition coefficient (Wildman–Crippen LogP) is 3.84. The van der Waals surface area contributed by atoms with Crippen LogP contribution in [-0.2, 0) is 17.6 Å². The molecule has 24 heavy (non-hydrogen) atoms. The first-order valence-corrected chi connectivity index (χ1v) is 8.80. The SMILES string of the molecule is COC(=O)c1c(NC(=S)Nc2ccccc2OC)sc2c1CCC2.